The van der Waals surface area contributed by atoms with Gasteiger partial charge in [-0.05, 0) is 89.4 Å². The summed E-state index contributed by atoms with van der Waals surface area (Å²) in [6, 6.07) is 0. The maximum absolute atomic E-state index is 13.3. The lowest BCUT2D eigenvalue weighted by atomic mass is 9.83. The summed E-state index contributed by atoms with van der Waals surface area (Å²) >= 11 is 0. The molecule has 2 bridgehead atoms. The number of carbonyl (C=O) groups excluding carboxylic acids is 1. The van der Waals surface area contributed by atoms with E-state index >= 15 is 0 Å². The van der Waals surface area contributed by atoms with Crippen molar-refractivity contribution in [2.45, 2.75) is 198 Å². The number of aliphatic hydroxyl groups is 6. The van der Waals surface area contributed by atoms with Crippen molar-refractivity contribution in [3.63, 3.8) is 0 Å². The fourth-order valence-corrected chi connectivity index (χ4v) is 8.02. The van der Waals surface area contributed by atoms with Gasteiger partial charge in [0.2, 0.25) is 0 Å². The molecular formula is C42H72O10. The van der Waals surface area contributed by atoms with E-state index in [0.717, 1.165) is 32.1 Å². The number of esters is 1. The van der Waals surface area contributed by atoms with Gasteiger partial charge < -0.3 is 44.8 Å². The average molecular weight is 737 g/mol. The number of rotatable bonds is 5. The second-order valence-electron chi connectivity index (χ2n) is 16.4. The summed E-state index contributed by atoms with van der Waals surface area (Å²) in [5.41, 5.74) is -1.40. The zero-order valence-corrected chi connectivity index (χ0v) is 32.8. The first kappa shape index (κ1) is 44.8. The fourth-order valence-electron chi connectivity index (χ4n) is 8.02. The van der Waals surface area contributed by atoms with Gasteiger partial charge in [0.05, 0.1) is 48.3 Å². The van der Waals surface area contributed by atoms with Crippen LogP contribution < -0.4 is 0 Å². The SMILES string of the molecule is CCC(O)CC1OC2(CCC1C)CC1CC(CCC(CC)C=CC=CCCCC(C)(O)C(O)CC(O)CC(O)C(C)C(O)C(CC)C=CC(=O)O1)O2. The molecular weight excluding hydrogens is 664 g/mol. The summed E-state index contributed by atoms with van der Waals surface area (Å²) in [6.45, 7) is 11.4. The molecule has 2 fully saturated rings. The molecule has 3 aliphatic rings. The highest BCUT2D eigenvalue weighted by Gasteiger charge is 2.49. The van der Waals surface area contributed by atoms with E-state index in [1.54, 1.807) is 19.9 Å². The van der Waals surface area contributed by atoms with Crippen molar-refractivity contribution in [3.05, 3.63) is 36.5 Å². The summed E-state index contributed by atoms with van der Waals surface area (Å²) in [5.74, 6) is -1.90. The lowest BCUT2D eigenvalue weighted by molar-refractivity contribution is -0.338. The lowest BCUT2D eigenvalue weighted by Gasteiger charge is -2.50. The van der Waals surface area contributed by atoms with Gasteiger partial charge in [-0.25, -0.2) is 4.79 Å². The summed E-state index contributed by atoms with van der Waals surface area (Å²) in [6.07, 6.45) is 14.2. The normalized spacial score (nSPS) is 41.8. The number of hydrogen-bond acceptors (Lipinski definition) is 10. The maximum atomic E-state index is 13.3. The van der Waals surface area contributed by atoms with Gasteiger partial charge in [0.1, 0.15) is 6.10 Å². The largest absolute Gasteiger partial charge is 0.459 e. The van der Waals surface area contributed by atoms with Crippen LogP contribution in [-0.2, 0) is 19.0 Å². The Kier molecular flexibility index (Phi) is 18.5. The van der Waals surface area contributed by atoms with Crippen molar-refractivity contribution in [1.29, 1.82) is 0 Å². The van der Waals surface area contributed by atoms with Crippen LogP contribution in [0.5, 0.6) is 0 Å². The van der Waals surface area contributed by atoms with Crippen LogP contribution in [0.1, 0.15) is 138 Å². The minimum atomic E-state index is -1.40. The maximum Gasteiger partial charge on any atom is 0.330 e. The quantitative estimate of drug-likeness (QED) is 0.183. The van der Waals surface area contributed by atoms with Crippen LogP contribution in [0.3, 0.4) is 0 Å². The first-order chi connectivity index (χ1) is 24.6. The van der Waals surface area contributed by atoms with Crippen LogP contribution >= 0.6 is 0 Å². The highest BCUT2D eigenvalue weighted by molar-refractivity contribution is 5.82. The molecule has 3 aliphatic heterocycles. The van der Waals surface area contributed by atoms with Gasteiger partial charge in [-0.15, -0.1) is 0 Å². The second-order valence-corrected chi connectivity index (χ2v) is 16.4. The molecule has 1 spiro atoms. The van der Waals surface area contributed by atoms with E-state index in [2.05, 4.69) is 26.0 Å². The molecule has 300 valence electrons. The van der Waals surface area contributed by atoms with Gasteiger partial charge in [-0.1, -0.05) is 65.0 Å². The highest BCUT2D eigenvalue weighted by atomic mass is 16.7. The molecule has 2 saturated heterocycles. The van der Waals surface area contributed by atoms with Crippen molar-refractivity contribution in [3.8, 4) is 0 Å². The minimum Gasteiger partial charge on any atom is -0.459 e. The van der Waals surface area contributed by atoms with Crippen LogP contribution in [0.15, 0.2) is 36.5 Å². The molecule has 0 aromatic rings. The molecule has 0 amide bonds. The van der Waals surface area contributed by atoms with E-state index < -0.39 is 65.8 Å². The standard InChI is InChI=1S/C42H72O10/c1-7-30-15-13-11-10-12-14-21-41(6,49)38(46)25-33(44)23-36(45)29(5)40(48)31(8-2)17-19-39(47)50-35-26-34(18-16-30)51-42(27-35)22-20-28(4)37(52-42)24-32(43)9-3/h10-11,13,15,17,19,28-38,40,43-46,48-49H,7-9,12,14,16,18,20-27H2,1-6H3. The number of ether oxygens (including phenoxy) is 3. The Balaban J connectivity index is 1.85. The molecule has 14 atom stereocenters. The van der Waals surface area contributed by atoms with E-state index in [0.29, 0.717) is 57.3 Å². The Bertz CT molecular complexity index is 1140. The van der Waals surface area contributed by atoms with Crippen LogP contribution in [0.25, 0.3) is 0 Å². The third kappa shape index (κ3) is 13.9. The fraction of sp³-hybridized carbons (Fsp3) is 0.833. The van der Waals surface area contributed by atoms with Crippen LogP contribution in [0.2, 0.25) is 0 Å². The topological polar surface area (TPSA) is 166 Å². The number of fused-ring (bicyclic) bond motifs is 2. The van der Waals surface area contributed by atoms with Crippen molar-refractivity contribution >= 4 is 5.97 Å². The summed E-state index contributed by atoms with van der Waals surface area (Å²) in [5, 5.41) is 65.0. The highest BCUT2D eigenvalue weighted by Crippen LogP contribution is 2.44. The average Bonchev–Trinajstić information content (AvgIpc) is 3.09. The summed E-state index contributed by atoms with van der Waals surface area (Å²) in [4.78, 5) is 13.3. The first-order valence-corrected chi connectivity index (χ1v) is 20.3. The lowest BCUT2D eigenvalue weighted by Crippen LogP contribution is -2.54. The Hall–Kier alpha value is -1.63. The predicted molar refractivity (Wildman–Crippen MR) is 202 cm³/mol. The molecule has 0 saturated carbocycles. The number of aliphatic hydroxyl groups excluding tert-OH is 5. The zero-order chi connectivity index (χ0) is 38.5. The number of hydrogen-bond donors (Lipinski definition) is 6. The van der Waals surface area contributed by atoms with Gasteiger partial charge in [0, 0.05) is 43.6 Å². The van der Waals surface area contributed by atoms with Gasteiger partial charge in [0.25, 0.3) is 0 Å². The Morgan fingerprint density at radius 1 is 0.904 bits per heavy atom. The van der Waals surface area contributed by atoms with Crippen LogP contribution in [0.4, 0.5) is 0 Å². The molecule has 0 aromatic carbocycles. The van der Waals surface area contributed by atoms with Crippen molar-refractivity contribution in [2.75, 3.05) is 0 Å². The van der Waals surface area contributed by atoms with Gasteiger partial charge in [0.15, 0.2) is 5.79 Å². The predicted octanol–water partition coefficient (Wildman–Crippen LogP) is 6.05. The number of allylic oxidation sites excluding steroid dienone is 4. The van der Waals surface area contributed by atoms with E-state index in [9.17, 15) is 35.4 Å². The van der Waals surface area contributed by atoms with Gasteiger partial charge >= 0.3 is 5.97 Å². The molecule has 14 unspecified atom stereocenters. The Morgan fingerprint density at radius 2 is 1.65 bits per heavy atom. The first-order valence-electron chi connectivity index (χ1n) is 20.3. The van der Waals surface area contributed by atoms with Gasteiger partial charge in [-0.2, -0.15) is 0 Å². The van der Waals surface area contributed by atoms with Crippen LogP contribution in [-0.4, -0.2) is 96.8 Å². The molecule has 3 heterocycles. The number of carbonyl (C=O) groups is 1. The third-order valence-electron chi connectivity index (χ3n) is 12.0. The molecule has 3 rings (SSSR count). The van der Waals surface area contributed by atoms with Crippen LogP contribution in [0, 0.1) is 23.7 Å². The summed E-state index contributed by atoms with van der Waals surface area (Å²) in [7, 11) is 0. The summed E-state index contributed by atoms with van der Waals surface area (Å²) < 4.78 is 19.6. The molecule has 6 N–H and O–H groups in total. The third-order valence-corrected chi connectivity index (χ3v) is 12.0. The molecule has 0 aliphatic carbocycles. The van der Waals surface area contributed by atoms with E-state index in [-0.39, 0.29) is 31.0 Å². The van der Waals surface area contributed by atoms with E-state index in [1.165, 1.54) is 6.08 Å². The smallest absolute Gasteiger partial charge is 0.330 e. The second kappa shape index (κ2) is 21.5. The van der Waals surface area contributed by atoms with Crippen molar-refractivity contribution in [1.82, 2.24) is 0 Å². The Labute approximate surface area is 313 Å². The van der Waals surface area contributed by atoms with E-state index in [1.807, 2.05) is 26.0 Å². The van der Waals surface area contributed by atoms with Gasteiger partial charge in [-0.3, -0.25) is 0 Å². The zero-order valence-electron chi connectivity index (χ0n) is 32.8. The molecule has 0 radical (unpaired) electrons. The molecule has 10 nitrogen and oxygen atoms in total. The molecule has 0 aromatic heterocycles. The molecule has 10 heteroatoms. The minimum absolute atomic E-state index is 0.0762. The Morgan fingerprint density at radius 3 is 2.35 bits per heavy atom. The van der Waals surface area contributed by atoms with Crippen molar-refractivity contribution in [2.24, 2.45) is 23.7 Å². The van der Waals surface area contributed by atoms with Crippen molar-refractivity contribution < 1.29 is 49.6 Å². The van der Waals surface area contributed by atoms with E-state index in [4.69, 9.17) is 14.2 Å². The molecule has 52 heavy (non-hydrogen) atoms. The monoisotopic (exact) mass is 737 g/mol.